The molecule has 0 bridgehead atoms. The zero-order valence-corrected chi connectivity index (χ0v) is 13.3. The second-order valence-electron chi connectivity index (χ2n) is 4.55. The van der Waals surface area contributed by atoms with E-state index in [4.69, 9.17) is 0 Å². The minimum absolute atomic E-state index is 0.512. The van der Waals surface area contributed by atoms with E-state index in [0.717, 1.165) is 12.5 Å². The Kier molecular flexibility index (Phi) is 7.12. The van der Waals surface area contributed by atoms with Crippen LogP contribution in [0, 0.1) is 9.49 Å². The van der Waals surface area contributed by atoms with Crippen LogP contribution < -0.4 is 5.32 Å². The second kappa shape index (κ2) is 8.09. The van der Waals surface area contributed by atoms with E-state index in [-0.39, 0.29) is 0 Å². The van der Waals surface area contributed by atoms with E-state index < -0.39 is 0 Å². The Balaban J connectivity index is 2.81. The quantitative estimate of drug-likeness (QED) is 0.702. The molecule has 0 saturated carbocycles. The van der Waals surface area contributed by atoms with Crippen molar-refractivity contribution >= 4 is 22.6 Å². The molecule has 0 saturated heterocycles. The molecule has 0 aromatic heterocycles. The van der Waals surface area contributed by atoms with Gasteiger partial charge in [-0.15, -0.1) is 0 Å². The fourth-order valence-electron chi connectivity index (χ4n) is 2.28. The zero-order chi connectivity index (χ0) is 12.7. The Labute approximate surface area is 120 Å². The van der Waals surface area contributed by atoms with Crippen molar-refractivity contribution in [3.8, 4) is 0 Å². The van der Waals surface area contributed by atoms with E-state index in [1.54, 1.807) is 0 Å². The fraction of sp³-hybridized carbons (Fsp3) is 0.600. The Hall–Kier alpha value is -0.0900. The predicted octanol–water partition coefficient (Wildman–Crippen LogP) is 4.77. The van der Waals surface area contributed by atoms with Crippen LogP contribution in [0.5, 0.6) is 0 Å². The van der Waals surface area contributed by atoms with Crippen LogP contribution in [0.25, 0.3) is 0 Å². The Morgan fingerprint density at radius 1 is 1.12 bits per heavy atom. The van der Waals surface area contributed by atoms with Crippen molar-refractivity contribution in [2.45, 2.75) is 46.1 Å². The van der Waals surface area contributed by atoms with Gasteiger partial charge in [0.25, 0.3) is 0 Å². The molecule has 0 aliphatic rings. The monoisotopic (exact) mass is 345 g/mol. The lowest BCUT2D eigenvalue weighted by Gasteiger charge is -2.24. The summed E-state index contributed by atoms with van der Waals surface area (Å²) in [6.45, 7) is 7.83. The van der Waals surface area contributed by atoms with E-state index >= 15 is 0 Å². The summed E-state index contributed by atoms with van der Waals surface area (Å²) in [7, 11) is 0. The molecule has 0 aliphatic heterocycles. The minimum Gasteiger partial charge on any atom is -0.310 e. The first kappa shape index (κ1) is 15.0. The average molecular weight is 345 g/mol. The smallest absolute Gasteiger partial charge is 0.0333 e. The largest absolute Gasteiger partial charge is 0.310 e. The lowest BCUT2D eigenvalue weighted by Crippen LogP contribution is -2.24. The molecular weight excluding hydrogens is 321 g/mol. The second-order valence-corrected chi connectivity index (χ2v) is 5.71. The van der Waals surface area contributed by atoms with Crippen LogP contribution in [0.4, 0.5) is 0 Å². The normalized spacial score (nSPS) is 13.0. The van der Waals surface area contributed by atoms with Crippen molar-refractivity contribution in [1.29, 1.82) is 0 Å². The highest BCUT2D eigenvalue weighted by atomic mass is 127. The third kappa shape index (κ3) is 4.59. The molecule has 17 heavy (non-hydrogen) atoms. The molecule has 96 valence electrons. The van der Waals surface area contributed by atoms with E-state index in [2.05, 4.69) is 72.9 Å². The van der Waals surface area contributed by atoms with Crippen molar-refractivity contribution in [2.24, 2.45) is 5.92 Å². The average Bonchev–Trinajstić information content (AvgIpc) is 2.35. The Morgan fingerprint density at radius 3 is 2.29 bits per heavy atom. The van der Waals surface area contributed by atoms with Crippen LogP contribution in [0.15, 0.2) is 24.3 Å². The highest BCUT2D eigenvalue weighted by molar-refractivity contribution is 14.1. The van der Waals surface area contributed by atoms with Gasteiger partial charge in [0.2, 0.25) is 0 Å². The lowest BCUT2D eigenvalue weighted by molar-refractivity contribution is 0.375. The van der Waals surface area contributed by atoms with Crippen molar-refractivity contribution < 1.29 is 0 Å². The summed E-state index contributed by atoms with van der Waals surface area (Å²) in [4.78, 5) is 0. The number of halogens is 1. The van der Waals surface area contributed by atoms with Gasteiger partial charge in [-0.2, -0.15) is 0 Å². The molecule has 0 radical (unpaired) electrons. The van der Waals surface area contributed by atoms with Crippen LogP contribution in [-0.2, 0) is 0 Å². The van der Waals surface area contributed by atoms with Crippen LogP contribution >= 0.6 is 22.6 Å². The maximum atomic E-state index is 3.63. The molecule has 1 aromatic carbocycles. The maximum Gasteiger partial charge on any atom is 0.0333 e. The first-order chi connectivity index (χ1) is 8.22. The minimum atomic E-state index is 0.512. The van der Waals surface area contributed by atoms with E-state index in [1.807, 2.05) is 0 Å². The SMILES string of the molecule is CCNC(CC(CC)CC)c1ccccc1I. The summed E-state index contributed by atoms with van der Waals surface area (Å²) in [5.74, 6) is 0.829. The molecular formula is C15H24IN. The number of hydrogen-bond donors (Lipinski definition) is 1. The summed E-state index contributed by atoms with van der Waals surface area (Å²) in [6.07, 6.45) is 3.81. The number of hydrogen-bond acceptors (Lipinski definition) is 1. The number of nitrogens with one attached hydrogen (secondary N) is 1. The van der Waals surface area contributed by atoms with Crippen LogP contribution in [0.1, 0.15) is 51.6 Å². The lowest BCUT2D eigenvalue weighted by atomic mass is 9.91. The summed E-state index contributed by atoms with van der Waals surface area (Å²) in [5.41, 5.74) is 1.46. The Morgan fingerprint density at radius 2 is 1.76 bits per heavy atom. The van der Waals surface area contributed by atoms with Gasteiger partial charge in [0.05, 0.1) is 0 Å². The molecule has 1 unspecified atom stereocenters. The van der Waals surface area contributed by atoms with Crippen molar-refractivity contribution in [2.75, 3.05) is 6.54 Å². The van der Waals surface area contributed by atoms with Crippen molar-refractivity contribution in [3.63, 3.8) is 0 Å². The number of benzene rings is 1. The molecule has 1 rings (SSSR count). The highest BCUT2D eigenvalue weighted by Crippen LogP contribution is 2.28. The van der Waals surface area contributed by atoms with Gasteiger partial charge in [0, 0.05) is 9.61 Å². The third-order valence-corrected chi connectivity index (χ3v) is 4.44. The van der Waals surface area contributed by atoms with Gasteiger partial charge in [0.1, 0.15) is 0 Å². The van der Waals surface area contributed by atoms with Crippen molar-refractivity contribution in [3.05, 3.63) is 33.4 Å². The number of rotatable bonds is 7. The summed E-state index contributed by atoms with van der Waals surface area (Å²) < 4.78 is 1.38. The molecule has 0 fully saturated rings. The molecule has 0 amide bonds. The summed E-state index contributed by atoms with van der Waals surface area (Å²) in [5, 5.41) is 3.63. The predicted molar refractivity (Wildman–Crippen MR) is 84.3 cm³/mol. The standard InChI is InChI=1S/C15H24IN/c1-4-12(5-2)11-15(17-6-3)13-9-7-8-10-14(13)16/h7-10,12,15,17H,4-6,11H2,1-3H3. The molecule has 0 aliphatic carbocycles. The fourth-order valence-corrected chi connectivity index (χ4v) is 3.04. The third-order valence-electron chi connectivity index (χ3n) is 3.45. The van der Waals surface area contributed by atoms with Gasteiger partial charge in [-0.3, -0.25) is 0 Å². The molecule has 2 heteroatoms. The molecule has 1 atom stereocenters. The molecule has 0 spiro atoms. The van der Waals surface area contributed by atoms with Crippen LogP contribution in [-0.4, -0.2) is 6.54 Å². The Bertz CT molecular complexity index is 320. The molecule has 1 N–H and O–H groups in total. The topological polar surface area (TPSA) is 12.0 Å². The summed E-state index contributed by atoms with van der Waals surface area (Å²) in [6, 6.07) is 9.24. The van der Waals surface area contributed by atoms with Crippen LogP contribution in [0.2, 0.25) is 0 Å². The summed E-state index contributed by atoms with van der Waals surface area (Å²) >= 11 is 2.45. The van der Waals surface area contributed by atoms with E-state index in [9.17, 15) is 0 Å². The maximum absolute atomic E-state index is 3.63. The van der Waals surface area contributed by atoms with E-state index in [1.165, 1.54) is 28.4 Å². The van der Waals surface area contributed by atoms with Crippen molar-refractivity contribution in [1.82, 2.24) is 5.32 Å². The molecule has 0 heterocycles. The van der Waals surface area contributed by atoms with Gasteiger partial charge in [-0.05, 0) is 53.1 Å². The van der Waals surface area contributed by atoms with Gasteiger partial charge < -0.3 is 5.32 Å². The van der Waals surface area contributed by atoms with Gasteiger partial charge in [-0.1, -0.05) is 51.8 Å². The van der Waals surface area contributed by atoms with Gasteiger partial charge in [-0.25, -0.2) is 0 Å². The van der Waals surface area contributed by atoms with E-state index in [0.29, 0.717) is 6.04 Å². The van der Waals surface area contributed by atoms with Gasteiger partial charge >= 0.3 is 0 Å². The van der Waals surface area contributed by atoms with Gasteiger partial charge in [0.15, 0.2) is 0 Å². The highest BCUT2D eigenvalue weighted by Gasteiger charge is 2.16. The first-order valence-electron chi connectivity index (χ1n) is 6.70. The van der Waals surface area contributed by atoms with Crippen LogP contribution in [0.3, 0.4) is 0 Å². The zero-order valence-electron chi connectivity index (χ0n) is 11.2. The molecule has 1 aromatic rings. The molecule has 1 nitrogen and oxygen atoms in total. The first-order valence-corrected chi connectivity index (χ1v) is 7.78.